The fourth-order valence-electron chi connectivity index (χ4n) is 5.83. The van der Waals surface area contributed by atoms with Gasteiger partial charge >= 0.3 is 0 Å². The van der Waals surface area contributed by atoms with Crippen LogP contribution in [0.1, 0.15) is 0 Å². The van der Waals surface area contributed by atoms with Gasteiger partial charge in [0.15, 0.2) is 0 Å². The number of anilines is 3. The van der Waals surface area contributed by atoms with E-state index >= 15 is 0 Å². The molecule has 0 amide bonds. The van der Waals surface area contributed by atoms with Crippen LogP contribution >= 0.6 is 0 Å². The van der Waals surface area contributed by atoms with Crippen molar-refractivity contribution in [2.75, 3.05) is 4.90 Å². The molecular formula is C36H23NO. The van der Waals surface area contributed by atoms with Crippen LogP contribution in [0.25, 0.3) is 54.6 Å². The van der Waals surface area contributed by atoms with Gasteiger partial charge in [-0.1, -0.05) is 91.0 Å². The van der Waals surface area contributed by atoms with Gasteiger partial charge in [-0.15, -0.1) is 0 Å². The summed E-state index contributed by atoms with van der Waals surface area (Å²) in [6.07, 6.45) is 0. The third kappa shape index (κ3) is 3.21. The van der Waals surface area contributed by atoms with Crippen LogP contribution in [0.5, 0.6) is 0 Å². The van der Waals surface area contributed by atoms with E-state index in [0.29, 0.717) is 0 Å². The summed E-state index contributed by atoms with van der Waals surface area (Å²) in [4.78, 5) is 2.34. The van der Waals surface area contributed by atoms with Gasteiger partial charge in [0.2, 0.25) is 0 Å². The van der Waals surface area contributed by atoms with Gasteiger partial charge in [-0.05, 0) is 75.8 Å². The van der Waals surface area contributed by atoms with Crippen molar-refractivity contribution in [2.45, 2.75) is 0 Å². The van der Waals surface area contributed by atoms with Crippen molar-refractivity contribution in [3.05, 3.63) is 140 Å². The highest BCUT2D eigenvalue weighted by Crippen LogP contribution is 2.41. The fraction of sp³-hybridized carbons (Fsp3) is 0. The first-order valence-electron chi connectivity index (χ1n) is 12.9. The Hall–Kier alpha value is -5.08. The molecule has 0 saturated carbocycles. The zero-order chi connectivity index (χ0) is 25.1. The number of rotatable bonds is 4. The van der Waals surface area contributed by atoms with E-state index in [4.69, 9.17) is 4.42 Å². The van der Waals surface area contributed by atoms with E-state index in [-0.39, 0.29) is 0 Å². The minimum Gasteiger partial charge on any atom is -0.456 e. The molecule has 0 aliphatic heterocycles. The number of fused-ring (bicyclic) bond motifs is 1. The Balaban J connectivity index is 1.26. The van der Waals surface area contributed by atoms with Crippen LogP contribution in [0, 0.1) is 0 Å². The summed E-state index contributed by atoms with van der Waals surface area (Å²) >= 11 is 0. The lowest BCUT2D eigenvalue weighted by Gasteiger charge is -2.27. The summed E-state index contributed by atoms with van der Waals surface area (Å²) in [6.45, 7) is 0. The molecule has 0 radical (unpaired) electrons. The fourth-order valence-corrected chi connectivity index (χ4v) is 5.83. The summed E-state index contributed by atoms with van der Waals surface area (Å²) < 4.78 is 6.29. The predicted molar refractivity (Wildman–Crippen MR) is 160 cm³/mol. The molecule has 0 bridgehead atoms. The van der Waals surface area contributed by atoms with E-state index in [1.165, 1.54) is 32.3 Å². The van der Waals surface area contributed by atoms with Gasteiger partial charge in [0.25, 0.3) is 0 Å². The van der Waals surface area contributed by atoms with E-state index < -0.39 is 0 Å². The van der Waals surface area contributed by atoms with Gasteiger partial charge in [-0.25, -0.2) is 0 Å². The Kier molecular flexibility index (Phi) is 4.55. The molecular weight excluding hydrogens is 462 g/mol. The number of benzene rings is 7. The molecule has 0 saturated heterocycles. The van der Waals surface area contributed by atoms with Gasteiger partial charge in [-0.3, -0.25) is 0 Å². The minimum atomic E-state index is 0.940. The van der Waals surface area contributed by atoms with E-state index in [0.717, 1.165) is 39.4 Å². The van der Waals surface area contributed by atoms with Crippen molar-refractivity contribution >= 4 is 60.5 Å². The smallest absolute Gasteiger partial charge is 0.136 e. The van der Waals surface area contributed by atoms with E-state index in [1.807, 2.05) is 0 Å². The molecule has 0 N–H and O–H groups in total. The average molecular weight is 486 g/mol. The summed E-state index contributed by atoms with van der Waals surface area (Å²) in [6, 6.07) is 49.6. The van der Waals surface area contributed by atoms with Crippen molar-refractivity contribution in [3.8, 4) is 11.1 Å². The zero-order valence-corrected chi connectivity index (χ0v) is 20.6. The Morgan fingerprint density at radius 2 is 1.11 bits per heavy atom. The van der Waals surface area contributed by atoms with E-state index in [9.17, 15) is 0 Å². The summed E-state index contributed by atoms with van der Waals surface area (Å²) in [5.41, 5.74) is 7.62. The first-order chi connectivity index (χ1) is 18.8. The standard InChI is InChI=1S/C36H23NO/c1-2-11-29(12-3-1)37(32-14-6-9-25-8-4-5-13-31(25)32)30-20-18-24(19-21-30)28-22-27-17-16-26-10-7-15-33-35(26)36(27)34(23-28)38-33/h1-23H. The maximum atomic E-state index is 6.29. The monoisotopic (exact) mass is 485 g/mol. The van der Waals surface area contributed by atoms with Crippen LogP contribution < -0.4 is 4.90 Å². The number of para-hydroxylation sites is 1. The number of hydrogen-bond acceptors (Lipinski definition) is 2. The summed E-state index contributed by atoms with van der Waals surface area (Å²) in [7, 11) is 0. The molecule has 8 aromatic rings. The van der Waals surface area contributed by atoms with Crippen molar-refractivity contribution in [3.63, 3.8) is 0 Å². The second-order valence-electron chi connectivity index (χ2n) is 9.81. The molecule has 0 spiro atoms. The highest BCUT2D eigenvalue weighted by atomic mass is 16.3. The Bertz CT molecular complexity index is 2060. The molecule has 0 unspecified atom stereocenters. The molecule has 0 aliphatic rings. The summed E-state index contributed by atoms with van der Waals surface area (Å²) in [5.74, 6) is 0. The zero-order valence-electron chi connectivity index (χ0n) is 20.6. The second kappa shape index (κ2) is 8.22. The molecule has 8 rings (SSSR count). The van der Waals surface area contributed by atoms with Crippen LogP contribution in [0.2, 0.25) is 0 Å². The molecule has 1 aromatic heterocycles. The molecule has 0 atom stereocenters. The third-order valence-electron chi connectivity index (χ3n) is 7.58. The van der Waals surface area contributed by atoms with Crippen molar-refractivity contribution < 1.29 is 4.42 Å². The lowest BCUT2D eigenvalue weighted by atomic mass is 9.97. The molecule has 2 nitrogen and oxygen atoms in total. The Labute approximate surface area is 220 Å². The van der Waals surface area contributed by atoms with Crippen molar-refractivity contribution in [1.82, 2.24) is 0 Å². The highest BCUT2D eigenvalue weighted by molar-refractivity contribution is 6.22. The first kappa shape index (κ1) is 21.0. The van der Waals surface area contributed by atoms with Crippen LogP contribution in [0.3, 0.4) is 0 Å². The quantitative estimate of drug-likeness (QED) is 0.231. The third-order valence-corrected chi connectivity index (χ3v) is 7.58. The predicted octanol–water partition coefficient (Wildman–Crippen LogP) is 10.5. The highest BCUT2D eigenvalue weighted by Gasteiger charge is 2.17. The largest absolute Gasteiger partial charge is 0.456 e. The van der Waals surface area contributed by atoms with E-state index in [1.54, 1.807) is 0 Å². The van der Waals surface area contributed by atoms with Gasteiger partial charge in [0, 0.05) is 27.5 Å². The van der Waals surface area contributed by atoms with Crippen LogP contribution in [-0.4, -0.2) is 0 Å². The minimum absolute atomic E-state index is 0.940. The first-order valence-corrected chi connectivity index (χ1v) is 12.9. The lowest BCUT2D eigenvalue weighted by Crippen LogP contribution is -2.10. The maximum Gasteiger partial charge on any atom is 0.136 e. The van der Waals surface area contributed by atoms with Gasteiger partial charge in [0.05, 0.1) is 5.69 Å². The molecule has 1 heterocycles. The molecule has 2 heteroatoms. The topological polar surface area (TPSA) is 16.4 Å². The van der Waals surface area contributed by atoms with Crippen LogP contribution in [-0.2, 0) is 0 Å². The Morgan fingerprint density at radius 1 is 0.421 bits per heavy atom. The SMILES string of the molecule is c1ccc(N(c2ccc(-c3cc4ccc5cccc6oc(c3)c4c56)cc2)c2cccc3ccccc23)cc1. The molecule has 7 aromatic carbocycles. The molecule has 178 valence electrons. The van der Waals surface area contributed by atoms with Crippen molar-refractivity contribution in [2.24, 2.45) is 0 Å². The second-order valence-corrected chi connectivity index (χ2v) is 9.81. The van der Waals surface area contributed by atoms with E-state index in [2.05, 4.69) is 144 Å². The summed E-state index contributed by atoms with van der Waals surface area (Å²) in [5, 5.41) is 7.32. The molecule has 0 aliphatic carbocycles. The molecule has 38 heavy (non-hydrogen) atoms. The van der Waals surface area contributed by atoms with Gasteiger partial charge in [0.1, 0.15) is 11.2 Å². The van der Waals surface area contributed by atoms with Crippen LogP contribution in [0.15, 0.2) is 144 Å². The van der Waals surface area contributed by atoms with Gasteiger partial charge in [-0.2, -0.15) is 0 Å². The normalized spacial score (nSPS) is 11.7. The maximum absolute atomic E-state index is 6.29. The average Bonchev–Trinajstić information content (AvgIpc) is 3.37. The van der Waals surface area contributed by atoms with Crippen LogP contribution in [0.4, 0.5) is 17.1 Å². The number of hydrogen-bond donors (Lipinski definition) is 0. The van der Waals surface area contributed by atoms with Gasteiger partial charge < -0.3 is 9.32 Å². The molecule has 0 fully saturated rings. The van der Waals surface area contributed by atoms with Crippen molar-refractivity contribution in [1.29, 1.82) is 0 Å². The number of nitrogens with zero attached hydrogens (tertiary/aromatic N) is 1. The Morgan fingerprint density at radius 3 is 2.00 bits per heavy atom. The lowest BCUT2D eigenvalue weighted by molar-refractivity contribution is 0.669. The number of furan rings is 1.